The van der Waals surface area contributed by atoms with Gasteiger partial charge in [0, 0.05) is 12.0 Å². The van der Waals surface area contributed by atoms with Gasteiger partial charge in [0.05, 0.1) is 12.0 Å². The molecule has 5 heteroatoms. The summed E-state index contributed by atoms with van der Waals surface area (Å²) in [6.07, 6.45) is 0. The van der Waals surface area contributed by atoms with E-state index in [2.05, 4.69) is 0 Å². The van der Waals surface area contributed by atoms with Gasteiger partial charge >= 0.3 is 5.97 Å². The molecule has 1 N–H and O–H groups in total. The van der Waals surface area contributed by atoms with E-state index in [9.17, 15) is 4.79 Å². The number of hydrogen-bond acceptors (Lipinski definition) is 4. The van der Waals surface area contributed by atoms with Crippen LogP contribution in [0, 0.1) is 0 Å². The van der Waals surface area contributed by atoms with Crippen LogP contribution < -0.4 is 0 Å². The first kappa shape index (κ1) is 8.58. The molecule has 1 aromatic heterocycles. The van der Waals surface area contributed by atoms with Gasteiger partial charge in [0.25, 0.3) is 0 Å². The molecule has 0 spiro atoms. The third-order valence-corrected chi connectivity index (χ3v) is 2.71. The monoisotopic (exact) mass is 190 g/mol. The lowest BCUT2D eigenvalue weighted by Crippen LogP contribution is -1.93. The van der Waals surface area contributed by atoms with E-state index in [1.807, 2.05) is 0 Å². The molecule has 0 amide bonds. The molecular formula is C6H6O3S2. The normalized spacial score (nSPS) is 9.91. The molecule has 0 bridgehead atoms. The quantitative estimate of drug-likeness (QED) is 0.741. The molecule has 0 fully saturated rings. The fraction of sp³-hybridized carbons (Fsp3) is 0.167. The summed E-state index contributed by atoms with van der Waals surface area (Å²) < 4.78 is 4.74. The molecule has 0 aliphatic carbocycles. The summed E-state index contributed by atoms with van der Waals surface area (Å²) in [5.74, 6) is -0.903. The molecule has 0 aliphatic rings. The second kappa shape index (κ2) is 3.75. The molecule has 0 aliphatic heterocycles. The standard InChI is InChI=1S/C6H6O3S2/c1-9-11-4-2-3-10-5(4)6(7)8/h2-3H,1H3,(H,7,8). The Morgan fingerprint density at radius 1 is 1.82 bits per heavy atom. The van der Waals surface area contributed by atoms with Gasteiger partial charge in [-0.3, -0.25) is 0 Å². The summed E-state index contributed by atoms with van der Waals surface area (Å²) in [4.78, 5) is 11.5. The maximum absolute atomic E-state index is 10.5. The Balaban J connectivity index is 2.87. The van der Waals surface area contributed by atoms with E-state index >= 15 is 0 Å². The summed E-state index contributed by atoms with van der Waals surface area (Å²) in [6.45, 7) is 0. The van der Waals surface area contributed by atoms with Crippen molar-refractivity contribution < 1.29 is 14.1 Å². The van der Waals surface area contributed by atoms with Crippen molar-refractivity contribution in [3.63, 3.8) is 0 Å². The molecule has 0 aromatic carbocycles. The molecular weight excluding hydrogens is 184 g/mol. The molecule has 0 saturated heterocycles. The number of aromatic carboxylic acids is 1. The van der Waals surface area contributed by atoms with Crippen molar-refractivity contribution in [3.8, 4) is 0 Å². The van der Waals surface area contributed by atoms with E-state index in [4.69, 9.17) is 9.29 Å². The Kier molecular flexibility index (Phi) is 2.92. The van der Waals surface area contributed by atoms with Crippen molar-refractivity contribution in [3.05, 3.63) is 16.3 Å². The second-order valence-corrected chi connectivity index (χ2v) is 3.53. The lowest BCUT2D eigenvalue weighted by molar-refractivity contribution is 0.0698. The van der Waals surface area contributed by atoms with Gasteiger partial charge in [-0.1, -0.05) is 0 Å². The lowest BCUT2D eigenvalue weighted by atomic mass is 10.5. The van der Waals surface area contributed by atoms with Crippen LogP contribution in [0.2, 0.25) is 0 Å². The largest absolute Gasteiger partial charge is 0.477 e. The molecule has 0 atom stereocenters. The van der Waals surface area contributed by atoms with E-state index in [0.717, 1.165) is 12.0 Å². The maximum atomic E-state index is 10.5. The van der Waals surface area contributed by atoms with Crippen molar-refractivity contribution >= 4 is 29.3 Å². The van der Waals surface area contributed by atoms with Crippen LogP contribution >= 0.6 is 23.4 Å². The molecule has 0 unspecified atom stereocenters. The Morgan fingerprint density at radius 3 is 3.09 bits per heavy atom. The average Bonchev–Trinajstić information content (AvgIpc) is 2.36. The first-order valence-electron chi connectivity index (χ1n) is 2.77. The number of rotatable bonds is 3. The second-order valence-electron chi connectivity index (χ2n) is 1.67. The molecule has 0 saturated carbocycles. The topological polar surface area (TPSA) is 46.5 Å². The van der Waals surface area contributed by atoms with Crippen LogP contribution in [0.4, 0.5) is 0 Å². The lowest BCUT2D eigenvalue weighted by Gasteiger charge is -1.94. The highest BCUT2D eigenvalue weighted by Gasteiger charge is 2.11. The van der Waals surface area contributed by atoms with Gasteiger partial charge in [0.2, 0.25) is 0 Å². The minimum atomic E-state index is -0.903. The van der Waals surface area contributed by atoms with Crippen molar-refractivity contribution in [2.24, 2.45) is 0 Å². The summed E-state index contributed by atoms with van der Waals surface area (Å²) in [5, 5.41) is 10.3. The van der Waals surface area contributed by atoms with Gasteiger partial charge in [-0.15, -0.1) is 11.3 Å². The van der Waals surface area contributed by atoms with E-state index in [0.29, 0.717) is 9.77 Å². The number of thiophene rings is 1. The van der Waals surface area contributed by atoms with Crippen LogP contribution in [0.15, 0.2) is 16.3 Å². The van der Waals surface area contributed by atoms with Crippen LogP contribution in [-0.4, -0.2) is 18.2 Å². The van der Waals surface area contributed by atoms with Crippen LogP contribution in [0.25, 0.3) is 0 Å². The summed E-state index contributed by atoms with van der Waals surface area (Å²) in [7, 11) is 1.51. The first-order chi connectivity index (χ1) is 5.25. The predicted molar refractivity (Wildman–Crippen MR) is 44.1 cm³/mol. The Labute approximate surface area is 72.2 Å². The van der Waals surface area contributed by atoms with Crippen molar-refractivity contribution in [1.82, 2.24) is 0 Å². The first-order valence-corrected chi connectivity index (χ1v) is 4.39. The smallest absolute Gasteiger partial charge is 0.347 e. The Hall–Kier alpha value is -0.520. The van der Waals surface area contributed by atoms with Gasteiger partial charge in [0.15, 0.2) is 0 Å². The van der Waals surface area contributed by atoms with Crippen LogP contribution in [0.1, 0.15) is 9.67 Å². The number of carbonyl (C=O) groups is 1. The minimum absolute atomic E-state index is 0.330. The molecule has 3 nitrogen and oxygen atoms in total. The van der Waals surface area contributed by atoms with Crippen molar-refractivity contribution in [2.45, 2.75) is 4.90 Å². The maximum Gasteiger partial charge on any atom is 0.347 e. The highest BCUT2D eigenvalue weighted by atomic mass is 32.2. The van der Waals surface area contributed by atoms with Gasteiger partial charge in [-0.2, -0.15) is 0 Å². The van der Waals surface area contributed by atoms with Gasteiger partial charge < -0.3 is 9.29 Å². The zero-order chi connectivity index (χ0) is 8.27. The molecule has 0 radical (unpaired) electrons. The third-order valence-electron chi connectivity index (χ3n) is 0.996. The highest BCUT2D eigenvalue weighted by Crippen LogP contribution is 2.27. The van der Waals surface area contributed by atoms with Crippen LogP contribution in [-0.2, 0) is 4.18 Å². The van der Waals surface area contributed by atoms with E-state index in [-0.39, 0.29) is 0 Å². The van der Waals surface area contributed by atoms with E-state index in [1.54, 1.807) is 11.4 Å². The molecule has 11 heavy (non-hydrogen) atoms. The Morgan fingerprint density at radius 2 is 2.55 bits per heavy atom. The summed E-state index contributed by atoms with van der Waals surface area (Å²) >= 11 is 2.26. The zero-order valence-corrected chi connectivity index (χ0v) is 7.37. The molecule has 1 heterocycles. The van der Waals surface area contributed by atoms with Gasteiger partial charge in [0.1, 0.15) is 4.88 Å². The summed E-state index contributed by atoms with van der Waals surface area (Å²) in [5.41, 5.74) is 0. The summed E-state index contributed by atoms with van der Waals surface area (Å²) in [6, 6.07) is 1.72. The molecule has 1 aromatic rings. The minimum Gasteiger partial charge on any atom is -0.477 e. The molecule has 1 rings (SSSR count). The Bertz CT molecular complexity index is 256. The zero-order valence-electron chi connectivity index (χ0n) is 5.73. The number of hydrogen-bond donors (Lipinski definition) is 1. The fourth-order valence-electron chi connectivity index (χ4n) is 0.609. The predicted octanol–water partition coefficient (Wildman–Crippen LogP) is 2.10. The number of carboxylic acids is 1. The van der Waals surface area contributed by atoms with Crippen molar-refractivity contribution in [2.75, 3.05) is 7.11 Å². The SMILES string of the molecule is COSc1ccsc1C(=O)O. The molecule has 60 valence electrons. The van der Waals surface area contributed by atoms with Crippen molar-refractivity contribution in [1.29, 1.82) is 0 Å². The van der Waals surface area contributed by atoms with Gasteiger partial charge in [-0.25, -0.2) is 4.79 Å². The highest BCUT2D eigenvalue weighted by molar-refractivity contribution is 7.94. The van der Waals surface area contributed by atoms with Crippen LogP contribution in [0.5, 0.6) is 0 Å². The van der Waals surface area contributed by atoms with Crippen LogP contribution in [0.3, 0.4) is 0 Å². The fourth-order valence-corrected chi connectivity index (χ4v) is 2.03. The van der Waals surface area contributed by atoms with Gasteiger partial charge in [-0.05, 0) is 11.4 Å². The van der Waals surface area contributed by atoms with E-state index in [1.165, 1.54) is 18.4 Å². The average molecular weight is 190 g/mol. The number of carboxylic acid groups (broad SMARTS) is 1. The van der Waals surface area contributed by atoms with E-state index < -0.39 is 5.97 Å². The third kappa shape index (κ3) is 1.95.